The molecule has 44 heavy (non-hydrogen) atoms. The van der Waals surface area contributed by atoms with Gasteiger partial charge in [-0.15, -0.1) is 0 Å². The van der Waals surface area contributed by atoms with Crippen molar-refractivity contribution < 1.29 is 47.0 Å². The number of carbonyl (C=O) groups is 3. The number of piperazine rings is 1. The second kappa shape index (κ2) is 10.8. The van der Waals surface area contributed by atoms with E-state index in [0.29, 0.717) is 17.0 Å². The van der Waals surface area contributed by atoms with Crippen molar-refractivity contribution in [3.05, 3.63) is 54.1 Å². The molecular formula is C26H26F8N6O3S. The number of benzene rings is 1. The van der Waals surface area contributed by atoms with Crippen molar-refractivity contribution in [1.29, 1.82) is 5.26 Å². The van der Waals surface area contributed by atoms with E-state index >= 15 is 0 Å². The maximum absolute atomic E-state index is 14.4. The number of likely N-dealkylation sites (N-methyl/N-ethyl adjacent to an activating group) is 1. The van der Waals surface area contributed by atoms with Crippen LogP contribution in [0.3, 0.4) is 0 Å². The van der Waals surface area contributed by atoms with Gasteiger partial charge in [0.15, 0.2) is 6.19 Å². The Hall–Kier alpha value is -4.14. The van der Waals surface area contributed by atoms with Gasteiger partial charge in [-0.3, -0.25) is 29.2 Å². The number of pyridine rings is 1. The van der Waals surface area contributed by atoms with Gasteiger partial charge in [-0.1, -0.05) is 19.4 Å². The molecule has 1 saturated carbocycles. The number of amides is 3. The van der Waals surface area contributed by atoms with Crippen LogP contribution in [0.1, 0.15) is 37.3 Å². The minimum absolute atomic E-state index is 0.0117. The first-order valence-corrected chi connectivity index (χ1v) is 15.0. The molecule has 0 radical (unpaired) electrons. The fourth-order valence-corrected chi connectivity index (χ4v) is 5.69. The highest BCUT2D eigenvalue weighted by atomic mass is 32.5. The van der Waals surface area contributed by atoms with Crippen LogP contribution in [0.4, 0.5) is 38.3 Å². The van der Waals surface area contributed by atoms with Gasteiger partial charge in [0, 0.05) is 43.4 Å². The first-order chi connectivity index (χ1) is 20.2. The molecule has 9 nitrogen and oxygen atoms in total. The fourth-order valence-electron chi connectivity index (χ4n) is 5.04. The van der Waals surface area contributed by atoms with Crippen LogP contribution < -0.4 is 10.2 Å². The van der Waals surface area contributed by atoms with E-state index in [1.54, 1.807) is 6.19 Å². The summed E-state index contributed by atoms with van der Waals surface area (Å²) >= 11 is 0. The van der Waals surface area contributed by atoms with Crippen LogP contribution >= 0.6 is 10.2 Å². The summed E-state index contributed by atoms with van der Waals surface area (Å²) in [4.78, 5) is 44.0. The summed E-state index contributed by atoms with van der Waals surface area (Å²) < 4.78 is 109. The highest BCUT2D eigenvalue weighted by Crippen LogP contribution is 3.02. The number of aromatic nitrogens is 1. The SMILES string of the molecule is CN1CC(C(=O)N(c2ccc(S(F)(F)(F)(F)F)cc2)C(C(=O)NC2CCC(F)(F)CC2)c2cncc(F)c2)N(C#N)CC1=O. The Labute approximate surface area is 246 Å². The largest absolute Gasteiger partial charge is 0.351 e. The van der Waals surface area contributed by atoms with Crippen LogP contribution in [0.2, 0.25) is 0 Å². The lowest BCUT2D eigenvalue weighted by Crippen LogP contribution is -2.60. The Balaban J connectivity index is 1.84. The van der Waals surface area contributed by atoms with Crippen LogP contribution in [0, 0.1) is 17.3 Å². The van der Waals surface area contributed by atoms with Crippen LogP contribution in [0.25, 0.3) is 0 Å². The molecule has 240 valence electrons. The molecule has 1 aromatic carbocycles. The van der Waals surface area contributed by atoms with E-state index < -0.39 is 94.3 Å². The van der Waals surface area contributed by atoms with Crippen LogP contribution in [-0.4, -0.2) is 70.6 Å². The van der Waals surface area contributed by atoms with Gasteiger partial charge in [-0.05, 0) is 43.2 Å². The minimum Gasteiger partial charge on any atom is -0.351 e. The summed E-state index contributed by atoms with van der Waals surface area (Å²) in [5, 5.41) is 12.2. The smallest absolute Gasteiger partial charge is 0.310 e. The molecule has 0 spiro atoms. The Morgan fingerprint density at radius 3 is 2.27 bits per heavy atom. The Morgan fingerprint density at radius 2 is 1.73 bits per heavy atom. The first kappa shape index (κ1) is 32.8. The molecule has 2 aliphatic rings. The highest BCUT2D eigenvalue weighted by molar-refractivity contribution is 8.45. The highest BCUT2D eigenvalue weighted by Gasteiger charge is 2.65. The second-order valence-electron chi connectivity index (χ2n) is 10.7. The molecule has 1 N–H and O–H groups in total. The zero-order valence-corrected chi connectivity index (χ0v) is 23.7. The first-order valence-electron chi connectivity index (χ1n) is 13.1. The van der Waals surface area contributed by atoms with Crippen LogP contribution in [0.15, 0.2) is 47.6 Å². The van der Waals surface area contributed by atoms with Crippen LogP contribution in [-0.2, 0) is 14.4 Å². The summed E-state index contributed by atoms with van der Waals surface area (Å²) in [7, 11) is -8.86. The molecule has 4 rings (SSSR count). The summed E-state index contributed by atoms with van der Waals surface area (Å²) in [6, 6.07) is -2.43. The van der Waals surface area contributed by atoms with E-state index in [2.05, 4.69) is 10.3 Å². The van der Waals surface area contributed by atoms with E-state index in [1.807, 2.05) is 0 Å². The fraction of sp³-hybridized carbons (Fsp3) is 0.423. The Morgan fingerprint density at radius 1 is 1.11 bits per heavy atom. The minimum atomic E-state index is -10.2. The van der Waals surface area contributed by atoms with E-state index in [9.17, 15) is 52.2 Å². The molecule has 3 amide bonds. The van der Waals surface area contributed by atoms with Gasteiger partial charge in [0.2, 0.25) is 17.7 Å². The zero-order chi connectivity index (χ0) is 32.7. The molecule has 1 saturated heterocycles. The number of carbonyl (C=O) groups excluding carboxylic acids is 3. The summed E-state index contributed by atoms with van der Waals surface area (Å²) in [6.07, 6.45) is 1.94. The topological polar surface area (TPSA) is 110 Å². The second-order valence-corrected chi connectivity index (χ2v) is 13.1. The van der Waals surface area contributed by atoms with Crippen molar-refractivity contribution in [3.63, 3.8) is 0 Å². The number of nitrogens with zero attached hydrogens (tertiary/aromatic N) is 5. The van der Waals surface area contributed by atoms with Crippen molar-refractivity contribution in [2.45, 2.75) is 54.6 Å². The average Bonchev–Trinajstić information content (AvgIpc) is 2.92. The lowest BCUT2D eigenvalue weighted by Gasteiger charge is -2.42. The molecule has 2 fully saturated rings. The number of hydrogen-bond acceptors (Lipinski definition) is 6. The quantitative estimate of drug-likeness (QED) is 0.322. The van der Waals surface area contributed by atoms with E-state index in [1.165, 1.54) is 7.05 Å². The van der Waals surface area contributed by atoms with Crippen molar-refractivity contribution in [2.75, 3.05) is 25.0 Å². The van der Waals surface area contributed by atoms with Gasteiger partial charge in [0.1, 0.15) is 29.3 Å². The van der Waals surface area contributed by atoms with E-state index in [4.69, 9.17) is 0 Å². The number of nitrogens with one attached hydrogen (secondary N) is 1. The van der Waals surface area contributed by atoms with Crippen molar-refractivity contribution in [2.24, 2.45) is 0 Å². The van der Waals surface area contributed by atoms with Crippen molar-refractivity contribution >= 4 is 33.6 Å². The molecule has 1 aliphatic carbocycles. The Bertz CT molecular complexity index is 1490. The lowest BCUT2D eigenvalue weighted by molar-refractivity contribution is -0.139. The van der Waals surface area contributed by atoms with E-state index in [-0.39, 0.29) is 30.5 Å². The maximum atomic E-state index is 14.4. The summed E-state index contributed by atoms with van der Waals surface area (Å²) in [5.74, 6) is -6.71. The standard InChI is InChI=1S/C26H26F8N6O3S/c1-38-13-21(39(15-35)14-22(38)41)25(43)40(19-2-4-20(5-3-19)44(30,31,32,33)34)23(16-10-17(27)12-36-11-16)24(42)37-18-6-8-26(28,29)9-7-18/h2-5,10-12,18,21,23H,6-9,13-14H2,1H3,(H,37,42). The van der Waals surface area contributed by atoms with Gasteiger partial charge in [-0.25, -0.2) is 13.2 Å². The molecule has 2 atom stereocenters. The monoisotopic (exact) mass is 654 g/mol. The van der Waals surface area contributed by atoms with Crippen molar-refractivity contribution in [1.82, 2.24) is 20.1 Å². The Kier molecular flexibility index (Phi) is 8.03. The molecule has 1 aliphatic heterocycles. The predicted octanol–water partition coefficient (Wildman–Crippen LogP) is 5.27. The maximum Gasteiger partial charge on any atom is 0.310 e. The number of alkyl halides is 2. The zero-order valence-electron chi connectivity index (χ0n) is 22.9. The molecular weight excluding hydrogens is 628 g/mol. The molecule has 2 heterocycles. The van der Waals surface area contributed by atoms with Crippen LogP contribution in [0.5, 0.6) is 0 Å². The van der Waals surface area contributed by atoms with Crippen molar-refractivity contribution in [3.8, 4) is 6.19 Å². The van der Waals surface area contributed by atoms with E-state index in [0.717, 1.165) is 28.3 Å². The number of rotatable bonds is 7. The predicted molar refractivity (Wildman–Crippen MR) is 141 cm³/mol. The molecule has 18 heteroatoms. The molecule has 2 unspecified atom stereocenters. The molecule has 2 aromatic rings. The normalized spacial score (nSPS) is 21.5. The number of halogens is 8. The molecule has 0 bridgehead atoms. The van der Waals surface area contributed by atoms with Gasteiger partial charge in [0.25, 0.3) is 5.91 Å². The molecule has 1 aromatic heterocycles. The summed E-state index contributed by atoms with van der Waals surface area (Å²) in [6.45, 7) is -0.992. The average molecular weight is 655 g/mol. The van der Waals surface area contributed by atoms with Gasteiger partial charge in [-0.2, -0.15) is 5.26 Å². The third kappa shape index (κ3) is 7.31. The number of nitriles is 1. The van der Waals surface area contributed by atoms with Gasteiger partial charge in [0.05, 0.1) is 12.7 Å². The van der Waals surface area contributed by atoms with Gasteiger partial charge >= 0.3 is 10.2 Å². The lowest BCUT2D eigenvalue weighted by atomic mass is 9.91. The summed E-state index contributed by atoms with van der Waals surface area (Å²) in [5.41, 5.74) is -0.838. The number of hydrogen-bond donors (Lipinski definition) is 1. The third-order valence-electron chi connectivity index (χ3n) is 7.38. The number of anilines is 1. The van der Waals surface area contributed by atoms with Gasteiger partial charge < -0.3 is 10.2 Å². The third-order valence-corrected chi connectivity index (χ3v) is 8.54.